The van der Waals surface area contributed by atoms with Crippen molar-refractivity contribution >= 4 is 5.91 Å². The Bertz CT molecular complexity index is 1160. The Morgan fingerprint density at radius 1 is 1.06 bits per heavy atom. The molecule has 2 aromatic carbocycles. The number of amides is 1. The van der Waals surface area contributed by atoms with Gasteiger partial charge in [-0.25, -0.2) is 4.98 Å². The van der Waals surface area contributed by atoms with E-state index in [4.69, 9.17) is 10.5 Å². The van der Waals surface area contributed by atoms with Crippen LogP contribution in [0, 0.1) is 0 Å². The third-order valence-corrected chi connectivity index (χ3v) is 5.31. The summed E-state index contributed by atoms with van der Waals surface area (Å²) in [4.78, 5) is 14.9. The Kier molecular flexibility index (Phi) is 8.28. The summed E-state index contributed by atoms with van der Waals surface area (Å²) in [5.41, 5.74) is 2.84. The van der Waals surface area contributed by atoms with Crippen molar-refractivity contribution in [2.24, 2.45) is 5.73 Å². The van der Waals surface area contributed by atoms with Gasteiger partial charge in [0.25, 0.3) is 5.91 Å². The number of carbonyl (C=O) groups is 1. The number of rotatable bonds is 10. The summed E-state index contributed by atoms with van der Waals surface area (Å²) in [6.45, 7) is -0.301. The summed E-state index contributed by atoms with van der Waals surface area (Å²) in [5.74, 6) is -0.363. The second-order valence-corrected chi connectivity index (χ2v) is 8.18. The summed E-state index contributed by atoms with van der Waals surface area (Å²) in [6, 6.07) is 7.99. The van der Waals surface area contributed by atoms with Crippen LogP contribution < -0.4 is 10.5 Å². The Morgan fingerprint density at radius 3 is 2.28 bits per heavy atom. The lowest BCUT2D eigenvalue weighted by atomic mass is 10.0. The van der Waals surface area contributed by atoms with Crippen molar-refractivity contribution in [1.82, 2.24) is 9.55 Å². The van der Waals surface area contributed by atoms with Crippen molar-refractivity contribution in [2.75, 3.05) is 0 Å². The van der Waals surface area contributed by atoms with Gasteiger partial charge in [0.1, 0.15) is 18.1 Å². The van der Waals surface area contributed by atoms with Crippen LogP contribution in [-0.4, -0.2) is 26.7 Å². The summed E-state index contributed by atoms with van der Waals surface area (Å²) in [7, 11) is 0. The molecule has 1 atom stereocenters. The number of ether oxygens (including phenoxy) is 1. The van der Waals surface area contributed by atoms with Crippen LogP contribution in [0.15, 0.2) is 55.0 Å². The van der Waals surface area contributed by atoms with Gasteiger partial charge in [0.15, 0.2) is 0 Å². The fourth-order valence-electron chi connectivity index (χ4n) is 3.56. The number of aromatic nitrogens is 2. The molecule has 0 aliphatic carbocycles. The lowest BCUT2D eigenvalue weighted by molar-refractivity contribution is -0.143. The Hall–Kier alpha value is -3.54. The van der Waals surface area contributed by atoms with Crippen molar-refractivity contribution in [3.63, 3.8) is 0 Å². The first-order chi connectivity index (χ1) is 16.8. The number of hydrogen-bond donors (Lipinski definition) is 2. The Morgan fingerprint density at radius 2 is 1.69 bits per heavy atom. The van der Waals surface area contributed by atoms with Gasteiger partial charge in [-0.3, -0.25) is 4.79 Å². The van der Waals surface area contributed by atoms with Gasteiger partial charge in [-0.15, -0.1) is 0 Å². The molecule has 1 amide bonds. The van der Waals surface area contributed by atoms with Crippen LogP contribution in [0.25, 0.3) is 0 Å². The third kappa shape index (κ3) is 7.48. The van der Waals surface area contributed by atoms with E-state index < -0.39 is 42.1 Å². The number of alkyl halides is 6. The normalized spacial score (nSPS) is 13.0. The molecule has 0 spiro atoms. The zero-order valence-electron chi connectivity index (χ0n) is 18.8. The van der Waals surface area contributed by atoms with Gasteiger partial charge in [0.2, 0.25) is 0 Å². The molecule has 3 rings (SSSR count). The molecule has 0 aliphatic heterocycles. The predicted molar refractivity (Wildman–Crippen MR) is 117 cm³/mol. The van der Waals surface area contributed by atoms with E-state index in [9.17, 15) is 36.2 Å². The average molecular weight is 515 g/mol. The smallest absolute Gasteiger partial charge is 0.416 e. The molecule has 0 saturated heterocycles. The number of para-hydroxylation sites is 1. The number of hydrogen-bond acceptors (Lipinski definition) is 4. The fraction of sp³-hybridized carbons (Fsp3) is 0.333. The molecule has 1 aromatic heterocycles. The summed E-state index contributed by atoms with van der Waals surface area (Å²) in [5, 5.41) is 10.3. The second kappa shape index (κ2) is 11.0. The quantitative estimate of drug-likeness (QED) is 0.373. The number of nitrogens with zero attached hydrogens (tertiary/aromatic N) is 2. The van der Waals surface area contributed by atoms with Gasteiger partial charge in [-0.2, -0.15) is 26.3 Å². The SMILES string of the molecule is NC(=O)c1cn(CC(O)CCCc2ccccc2OCc2cc(C(F)(F)F)cc(C(F)(F)F)c2)cn1. The molecule has 1 heterocycles. The maximum Gasteiger partial charge on any atom is 0.416 e. The van der Waals surface area contributed by atoms with E-state index in [1.165, 1.54) is 17.1 Å². The van der Waals surface area contributed by atoms with E-state index in [-0.39, 0.29) is 23.9 Å². The number of benzene rings is 2. The zero-order valence-corrected chi connectivity index (χ0v) is 18.8. The molecular weight excluding hydrogens is 492 g/mol. The van der Waals surface area contributed by atoms with Crippen LogP contribution in [0.4, 0.5) is 26.3 Å². The van der Waals surface area contributed by atoms with Crippen molar-refractivity contribution in [3.05, 3.63) is 82.9 Å². The van der Waals surface area contributed by atoms with E-state index >= 15 is 0 Å². The molecule has 12 heteroatoms. The van der Waals surface area contributed by atoms with Crippen molar-refractivity contribution in [1.29, 1.82) is 0 Å². The molecule has 0 aliphatic rings. The summed E-state index contributed by atoms with van der Waals surface area (Å²) >= 11 is 0. The molecule has 194 valence electrons. The van der Waals surface area contributed by atoms with Gasteiger partial charge in [-0.05, 0) is 54.7 Å². The molecule has 3 aromatic rings. The topological polar surface area (TPSA) is 90.4 Å². The van der Waals surface area contributed by atoms with E-state index in [0.29, 0.717) is 42.7 Å². The number of imidazole rings is 1. The van der Waals surface area contributed by atoms with Crippen LogP contribution in [0.3, 0.4) is 0 Å². The van der Waals surface area contributed by atoms with Gasteiger partial charge in [-0.1, -0.05) is 18.2 Å². The van der Waals surface area contributed by atoms with Gasteiger partial charge in [0.05, 0.1) is 23.6 Å². The highest BCUT2D eigenvalue weighted by Crippen LogP contribution is 2.36. The van der Waals surface area contributed by atoms with Crippen LogP contribution in [0.1, 0.15) is 45.6 Å². The minimum absolute atomic E-state index is 0.0707. The van der Waals surface area contributed by atoms with Crippen molar-refractivity contribution < 1.29 is 41.0 Å². The lowest BCUT2D eigenvalue weighted by Crippen LogP contribution is -2.15. The van der Waals surface area contributed by atoms with Crippen LogP contribution >= 0.6 is 0 Å². The lowest BCUT2D eigenvalue weighted by Gasteiger charge is -2.16. The van der Waals surface area contributed by atoms with Crippen LogP contribution in [0.5, 0.6) is 5.75 Å². The highest BCUT2D eigenvalue weighted by Gasteiger charge is 2.36. The van der Waals surface area contributed by atoms with Crippen molar-refractivity contribution in [3.8, 4) is 5.75 Å². The van der Waals surface area contributed by atoms with Crippen LogP contribution in [0.2, 0.25) is 0 Å². The number of halogens is 6. The second-order valence-electron chi connectivity index (χ2n) is 8.18. The van der Waals surface area contributed by atoms with Crippen LogP contribution in [-0.2, 0) is 31.9 Å². The number of carbonyl (C=O) groups excluding carboxylic acids is 1. The minimum Gasteiger partial charge on any atom is -0.489 e. The van der Waals surface area contributed by atoms with Gasteiger partial charge < -0.3 is 20.1 Å². The van der Waals surface area contributed by atoms with Crippen molar-refractivity contribution in [2.45, 2.75) is 50.9 Å². The molecule has 6 nitrogen and oxygen atoms in total. The first-order valence-electron chi connectivity index (χ1n) is 10.8. The number of primary amides is 1. The van der Waals surface area contributed by atoms with E-state index in [1.54, 1.807) is 24.3 Å². The molecule has 36 heavy (non-hydrogen) atoms. The highest BCUT2D eigenvalue weighted by molar-refractivity contribution is 5.90. The maximum atomic E-state index is 13.1. The maximum absolute atomic E-state index is 13.1. The van der Waals surface area contributed by atoms with Gasteiger partial charge in [0, 0.05) is 12.7 Å². The number of aliphatic hydroxyl groups excluding tert-OH is 1. The fourth-order valence-corrected chi connectivity index (χ4v) is 3.56. The number of aryl methyl sites for hydroxylation is 1. The highest BCUT2D eigenvalue weighted by atomic mass is 19.4. The largest absolute Gasteiger partial charge is 0.489 e. The Balaban J connectivity index is 1.62. The molecule has 0 saturated carbocycles. The Labute approximate surface area is 202 Å². The third-order valence-electron chi connectivity index (χ3n) is 5.31. The molecule has 1 unspecified atom stereocenters. The first-order valence-corrected chi connectivity index (χ1v) is 10.8. The average Bonchev–Trinajstić information content (AvgIpc) is 3.26. The molecule has 0 radical (unpaired) electrons. The van der Waals surface area contributed by atoms with E-state index in [2.05, 4.69) is 4.98 Å². The number of aliphatic hydroxyl groups is 1. The predicted octanol–water partition coefficient (Wildman–Crippen LogP) is 4.98. The number of nitrogens with two attached hydrogens (primary N) is 1. The van der Waals surface area contributed by atoms with E-state index in [0.717, 1.165) is 0 Å². The molecule has 0 fully saturated rings. The summed E-state index contributed by atoms with van der Waals surface area (Å²) in [6.07, 6.45) is -6.49. The zero-order chi connectivity index (χ0) is 26.5. The molecule has 0 bridgehead atoms. The van der Waals surface area contributed by atoms with Gasteiger partial charge >= 0.3 is 12.4 Å². The first kappa shape index (κ1) is 27.1. The minimum atomic E-state index is -4.94. The standard InChI is InChI=1S/C24H23F6N3O3/c25-23(26,27)17-8-15(9-18(10-17)24(28,29)30)13-36-21-7-2-1-4-16(21)5-3-6-19(34)11-33-12-20(22(31)35)32-14-33/h1-2,4,7-10,12,14,19,34H,3,5-6,11,13H2,(H2,31,35). The molecule has 3 N–H and O–H groups in total. The van der Waals surface area contributed by atoms with E-state index in [1.807, 2.05) is 0 Å². The monoisotopic (exact) mass is 515 g/mol. The molecular formula is C24H23F6N3O3. The summed E-state index contributed by atoms with van der Waals surface area (Å²) < 4.78 is 85.6.